The molecule has 5 nitrogen and oxygen atoms in total. The van der Waals surface area contributed by atoms with Crippen molar-refractivity contribution in [3.8, 4) is 0 Å². The third kappa shape index (κ3) is 3.20. The molecule has 1 heterocycles. The van der Waals surface area contributed by atoms with Gasteiger partial charge in [-0.2, -0.15) is 8.75 Å². The number of amides is 1. The average molecular weight is 299 g/mol. The zero-order chi connectivity index (χ0) is 13.8. The van der Waals surface area contributed by atoms with Crippen LogP contribution >= 0.6 is 23.3 Å². The fourth-order valence-electron chi connectivity index (χ4n) is 1.79. The van der Waals surface area contributed by atoms with Crippen molar-refractivity contribution in [3.05, 3.63) is 17.2 Å². The van der Waals surface area contributed by atoms with Crippen LogP contribution in [0.5, 0.6) is 0 Å². The molecule has 1 unspecified atom stereocenters. The highest BCUT2D eigenvalue weighted by atomic mass is 35.5. The fraction of sp³-hybridized carbons (Fsp3) is 0.417. The minimum absolute atomic E-state index is 0.0975. The van der Waals surface area contributed by atoms with Crippen LogP contribution in [-0.2, 0) is 4.79 Å². The Morgan fingerprint density at radius 3 is 3.00 bits per heavy atom. The van der Waals surface area contributed by atoms with E-state index in [1.807, 2.05) is 6.92 Å². The molecule has 0 fully saturated rings. The lowest BCUT2D eigenvalue weighted by Crippen LogP contribution is -2.22. The molecule has 0 saturated heterocycles. The Kier molecular flexibility index (Phi) is 4.68. The van der Waals surface area contributed by atoms with Gasteiger partial charge >= 0.3 is 0 Å². The minimum atomic E-state index is -0.0975. The third-order valence-corrected chi connectivity index (χ3v) is 3.88. The Bertz CT molecular complexity index is 582. The lowest BCUT2D eigenvalue weighted by molar-refractivity contribution is -0.117. The van der Waals surface area contributed by atoms with Gasteiger partial charge in [-0.3, -0.25) is 4.79 Å². The zero-order valence-electron chi connectivity index (χ0n) is 10.5. The SMILES string of the molecule is CCC(CN)CC(=O)Nc1c(Cl)ccc2nsnc12. The van der Waals surface area contributed by atoms with Crippen LogP contribution in [-0.4, -0.2) is 21.2 Å². The Balaban J connectivity index is 2.18. The van der Waals surface area contributed by atoms with E-state index in [4.69, 9.17) is 17.3 Å². The molecule has 0 aliphatic carbocycles. The van der Waals surface area contributed by atoms with E-state index in [1.54, 1.807) is 12.1 Å². The summed E-state index contributed by atoms with van der Waals surface area (Å²) in [4.78, 5) is 12.0. The first-order valence-electron chi connectivity index (χ1n) is 6.06. The van der Waals surface area contributed by atoms with Crippen molar-refractivity contribution in [1.82, 2.24) is 8.75 Å². The van der Waals surface area contributed by atoms with Crippen LogP contribution in [0.15, 0.2) is 12.1 Å². The maximum absolute atomic E-state index is 12.0. The number of carbonyl (C=O) groups excluding carboxylic acids is 1. The minimum Gasteiger partial charge on any atom is -0.330 e. The number of aromatic nitrogens is 2. The van der Waals surface area contributed by atoms with E-state index >= 15 is 0 Å². The van der Waals surface area contributed by atoms with Crippen LogP contribution in [0.1, 0.15) is 19.8 Å². The van der Waals surface area contributed by atoms with Crippen molar-refractivity contribution >= 4 is 46.0 Å². The number of nitrogens with two attached hydrogens (primary N) is 1. The normalized spacial score (nSPS) is 12.6. The average Bonchev–Trinajstić information content (AvgIpc) is 2.88. The highest BCUT2D eigenvalue weighted by Crippen LogP contribution is 2.30. The van der Waals surface area contributed by atoms with Crippen LogP contribution < -0.4 is 11.1 Å². The second-order valence-corrected chi connectivity index (χ2v) is 5.25. The summed E-state index contributed by atoms with van der Waals surface area (Å²) in [5, 5.41) is 3.28. The number of nitrogens with zero attached hydrogens (tertiary/aromatic N) is 2. The highest BCUT2D eigenvalue weighted by Gasteiger charge is 2.15. The van der Waals surface area contributed by atoms with Crippen LogP contribution in [0.3, 0.4) is 0 Å². The van der Waals surface area contributed by atoms with Gasteiger partial charge in [0.2, 0.25) is 5.91 Å². The van der Waals surface area contributed by atoms with Crippen LogP contribution in [0.25, 0.3) is 11.0 Å². The van der Waals surface area contributed by atoms with Crippen molar-refractivity contribution in [3.63, 3.8) is 0 Å². The molecule has 2 rings (SSSR count). The molecule has 0 spiro atoms. The predicted octanol–water partition coefficient (Wildman–Crippen LogP) is 2.66. The van der Waals surface area contributed by atoms with E-state index in [9.17, 15) is 4.79 Å². The fourth-order valence-corrected chi connectivity index (χ4v) is 2.54. The quantitative estimate of drug-likeness (QED) is 0.889. The lowest BCUT2D eigenvalue weighted by Gasteiger charge is -2.12. The summed E-state index contributed by atoms with van der Waals surface area (Å²) in [5.74, 6) is 0.0891. The number of anilines is 1. The number of hydrogen-bond acceptors (Lipinski definition) is 5. The molecular formula is C12H15ClN4OS. The summed E-state index contributed by atoms with van der Waals surface area (Å²) in [6.45, 7) is 2.52. The van der Waals surface area contributed by atoms with Gasteiger partial charge in [-0.1, -0.05) is 24.9 Å². The van der Waals surface area contributed by atoms with Gasteiger partial charge in [0.25, 0.3) is 0 Å². The van der Waals surface area contributed by atoms with E-state index < -0.39 is 0 Å². The number of fused-ring (bicyclic) bond motifs is 1. The molecule has 0 bridgehead atoms. The molecule has 19 heavy (non-hydrogen) atoms. The molecule has 1 aromatic carbocycles. The summed E-state index contributed by atoms with van der Waals surface area (Å²) in [7, 11) is 0. The van der Waals surface area contributed by atoms with E-state index in [0.717, 1.165) is 23.7 Å². The van der Waals surface area contributed by atoms with Gasteiger partial charge in [0.15, 0.2) is 0 Å². The van der Waals surface area contributed by atoms with Crippen molar-refractivity contribution in [2.45, 2.75) is 19.8 Å². The summed E-state index contributed by atoms with van der Waals surface area (Å²) in [5.41, 5.74) is 7.50. The predicted molar refractivity (Wildman–Crippen MR) is 78.5 cm³/mol. The van der Waals surface area contributed by atoms with Gasteiger partial charge in [0.1, 0.15) is 11.0 Å². The molecule has 1 amide bonds. The van der Waals surface area contributed by atoms with E-state index in [2.05, 4.69) is 14.1 Å². The van der Waals surface area contributed by atoms with Gasteiger partial charge in [-0.25, -0.2) is 0 Å². The lowest BCUT2D eigenvalue weighted by atomic mass is 10.0. The molecule has 1 aromatic heterocycles. The summed E-state index contributed by atoms with van der Waals surface area (Å²) in [6, 6.07) is 3.49. The van der Waals surface area contributed by atoms with E-state index in [1.165, 1.54) is 0 Å². The van der Waals surface area contributed by atoms with Crippen LogP contribution in [0, 0.1) is 5.92 Å². The van der Waals surface area contributed by atoms with Crippen LogP contribution in [0.4, 0.5) is 5.69 Å². The molecule has 1 atom stereocenters. The first-order valence-corrected chi connectivity index (χ1v) is 7.17. The summed E-state index contributed by atoms with van der Waals surface area (Å²) >= 11 is 7.20. The van der Waals surface area contributed by atoms with Gasteiger partial charge in [0.05, 0.1) is 22.4 Å². The Morgan fingerprint density at radius 2 is 2.32 bits per heavy atom. The molecule has 0 radical (unpaired) electrons. The van der Waals surface area contributed by atoms with Gasteiger partial charge in [-0.05, 0) is 24.6 Å². The molecule has 0 aliphatic heterocycles. The standard InChI is InChI=1S/C12H15ClN4OS/c1-2-7(6-14)5-10(18)15-11-8(13)3-4-9-12(11)17-19-16-9/h3-4,7H,2,5-6,14H2,1H3,(H,15,18). The number of benzene rings is 1. The second-order valence-electron chi connectivity index (χ2n) is 4.32. The molecule has 0 saturated carbocycles. The second kappa shape index (κ2) is 6.27. The highest BCUT2D eigenvalue weighted by molar-refractivity contribution is 7.00. The van der Waals surface area contributed by atoms with Crippen molar-refractivity contribution < 1.29 is 4.79 Å². The molecule has 7 heteroatoms. The Morgan fingerprint density at radius 1 is 1.53 bits per heavy atom. The van der Waals surface area contributed by atoms with Crippen LogP contribution in [0.2, 0.25) is 5.02 Å². The smallest absolute Gasteiger partial charge is 0.224 e. The van der Waals surface area contributed by atoms with Crippen molar-refractivity contribution in [2.75, 3.05) is 11.9 Å². The van der Waals surface area contributed by atoms with Gasteiger partial charge < -0.3 is 11.1 Å². The maximum Gasteiger partial charge on any atom is 0.224 e. The van der Waals surface area contributed by atoms with Gasteiger partial charge in [-0.15, -0.1) is 0 Å². The molecule has 102 valence electrons. The molecular weight excluding hydrogens is 284 g/mol. The zero-order valence-corrected chi connectivity index (χ0v) is 12.1. The number of hydrogen-bond donors (Lipinski definition) is 2. The maximum atomic E-state index is 12.0. The summed E-state index contributed by atoms with van der Waals surface area (Å²) in [6.07, 6.45) is 1.26. The Hall–Kier alpha value is -1.24. The topological polar surface area (TPSA) is 80.9 Å². The molecule has 2 aromatic rings. The monoisotopic (exact) mass is 298 g/mol. The number of halogens is 1. The third-order valence-electron chi connectivity index (χ3n) is 3.03. The number of rotatable bonds is 5. The van der Waals surface area contributed by atoms with Gasteiger partial charge in [0, 0.05) is 6.42 Å². The molecule has 3 N–H and O–H groups in total. The van der Waals surface area contributed by atoms with Crippen molar-refractivity contribution in [2.24, 2.45) is 11.7 Å². The summed E-state index contributed by atoms with van der Waals surface area (Å²) < 4.78 is 8.28. The van der Waals surface area contributed by atoms with E-state index in [0.29, 0.717) is 29.2 Å². The van der Waals surface area contributed by atoms with Crippen molar-refractivity contribution in [1.29, 1.82) is 0 Å². The first-order chi connectivity index (χ1) is 9.15. The molecule has 0 aliphatic rings. The number of nitrogens with one attached hydrogen (secondary N) is 1. The number of carbonyl (C=O) groups is 1. The largest absolute Gasteiger partial charge is 0.330 e. The Labute approximate surface area is 120 Å². The van der Waals surface area contributed by atoms with E-state index in [-0.39, 0.29) is 11.8 Å². The first kappa shape index (κ1) is 14.2.